The summed E-state index contributed by atoms with van der Waals surface area (Å²) in [6.45, 7) is 3.81. The van der Waals surface area contributed by atoms with Crippen LogP contribution >= 0.6 is 11.3 Å². The Morgan fingerprint density at radius 2 is 1.78 bits per heavy atom. The van der Waals surface area contributed by atoms with Crippen molar-refractivity contribution in [2.24, 2.45) is 12.8 Å². The van der Waals surface area contributed by atoms with Gasteiger partial charge in [0.25, 0.3) is 11.8 Å². The molecule has 37 heavy (non-hydrogen) atoms. The number of primary amides is 1. The number of nitrogens with two attached hydrogens (primary N) is 1. The van der Waals surface area contributed by atoms with Crippen LogP contribution in [0.1, 0.15) is 44.2 Å². The second-order valence-electron chi connectivity index (χ2n) is 7.85. The number of nitrogens with one attached hydrogen (secondary N) is 1. The summed E-state index contributed by atoms with van der Waals surface area (Å²) in [7, 11) is 0.989. The van der Waals surface area contributed by atoms with E-state index in [-0.39, 0.29) is 31.9 Å². The number of aromatic nitrogens is 5. The van der Waals surface area contributed by atoms with Gasteiger partial charge in [-0.2, -0.15) is 36.5 Å². The number of halogens is 6. The number of aryl methyl sites for hydroxylation is 2. The van der Waals surface area contributed by atoms with E-state index in [0.717, 1.165) is 13.1 Å². The van der Waals surface area contributed by atoms with Crippen molar-refractivity contribution in [1.29, 1.82) is 0 Å². The quantitative estimate of drug-likeness (QED) is 0.355. The van der Waals surface area contributed by atoms with Crippen LogP contribution in [0.15, 0.2) is 18.3 Å². The molecule has 0 unspecified atom stereocenters. The molecular weight excluding hydrogens is 528 g/mol. The van der Waals surface area contributed by atoms with Crippen LogP contribution in [0.5, 0.6) is 0 Å². The summed E-state index contributed by atoms with van der Waals surface area (Å²) in [5, 5.41) is 9.97. The average Bonchev–Trinajstić information content (AvgIpc) is 3.47. The molecule has 2 amide bonds. The molecule has 4 rings (SSSR count). The number of nitrogens with zero attached hydrogens (tertiary/aromatic N) is 5. The van der Waals surface area contributed by atoms with E-state index in [2.05, 4.69) is 20.5 Å². The SMILES string of the molecule is CCn1ncc(-c2cc(C(F)(F)F)nc3sc(C(N)=O)c(NC(=O)c4cc(C(F)(F)F)n(C)n4)c23)c1C. The lowest BCUT2D eigenvalue weighted by Gasteiger charge is -2.12. The minimum Gasteiger partial charge on any atom is -0.365 e. The first-order valence-corrected chi connectivity index (χ1v) is 11.2. The van der Waals surface area contributed by atoms with Gasteiger partial charge in [-0.15, -0.1) is 11.3 Å². The van der Waals surface area contributed by atoms with E-state index in [1.54, 1.807) is 13.8 Å². The molecule has 0 fully saturated rings. The van der Waals surface area contributed by atoms with Crippen molar-refractivity contribution in [3.05, 3.63) is 46.0 Å². The Labute approximate surface area is 207 Å². The normalized spacial score (nSPS) is 12.4. The number of carbonyl (C=O) groups is 2. The van der Waals surface area contributed by atoms with E-state index < -0.39 is 41.2 Å². The Kier molecular flexibility index (Phi) is 6.26. The summed E-state index contributed by atoms with van der Waals surface area (Å²) in [4.78, 5) is 28.1. The van der Waals surface area contributed by atoms with Gasteiger partial charge in [0, 0.05) is 36.3 Å². The van der Waals surface area contributed by atoms with Gasteiger partial charge in [-0.1, -0.05) is 0 Å². The summed E-state index contributed by atoms with van der Waals surface area (Å²) < 4.78 is 82.5. The molecule has 3 N–H and O–H groups in total. The number of thiophene rings is 1. The van der Waals surface area contributed by atoms with Crippen molar-refractivity contribution in [3.63, 3.8) is 0 Å². The monoisotopic (exact) mass is 545 g/mol. The van der Waals surface area contributed by atoms with Crippen LogP contribution in [0, 0.1) is 6.92 Å². The third-order valence-corrected chi connectivity index (χ3v) is 6.61. The van der Waals surface area contributed by atoms with Crippen LogP contribution in [-0.4, -0.2) is 36.4 Å². The summed E-state index contributed by atoms with van der Waals surface area (Å²) in [6, 6.07) is 1.26. The Hall–Kier alpha value is -3.95. The van der Waals surface area contributed by atoms with Crippen molar-refractivity contribution in [1.82, 2.24) is 24.5 Å². The predicted octanol–water partition coefficient (Wildman–Crippen LogP) is 4.61. The van der Waals surface area contributed by atoms with Gasteiger partial charge >= 0.3 is 12.4 Å². The standard InChI is InChI=1S/C21H17F6N7O2S/c1-4-34-8(2)10(7-29-34)9-5-12(20(22,23)24)30-19-14(9)15(16(37-19)17(28)35)31-18(36)11-6-13(21(25,26)27)33(3)32-11/h5-7H,4H2,1-3H3,(H2,28,35)(H,31,36). The first-order valence-electron chi connectivity index (χ1n) is 10.4. The van der Waals surface area contributed by atoms with Gasteiger partial charge in [0.05, 0.1) is 11.9 Å². The third kappa shape index (κ3) is 4.63. The van der Waals surface area contributed by atoms with Gasteiger partial charge in [0.2, 0.25) is 0 Å². The minimum atomic E-state index is -4.85. The van der Waals surface area contributed by atoms with Crippen molar-refractivity contribution in [3.8, 4) is 11.1 Å². The number of hydrogen-bond donors (Lipinski definition) is 2. The maximum Gasteiger partial charge on any atom is 0.433 e. The first-order chi connectivity index (χ1) is 17.1. The number of rotatable bonds is 5. The van der Waals surface area contributed by atoms with Gasteiger partial charge in [-0.25, -0.2) is 4.98 Å². The third-order valence-electron chi connectivity index (χ3n) is 5.51. The number of carbonyl (C=O) groups excluding carboxylic acids is 2. The topological polar surface area (TPSA) is 121 Å². The molecular formula is C21H17F6N7O2S. The molecule has 0 radical (unpaired) electrons. The molecule has 0 saturated carbocycles. The van der Waals surface area contributed by atoms with Crippen LogP contribution in [0.25, 0.3) is 21.3 Å². The van der Waals surface area contributed by atoms with E-state index in [9.17, 15) is 35.9 Å². The van der Waals surface area contributed by atoms with E-state index in [1.807, 2.05) is 0 Å². The highest BCUT2D eigenvalue weighted by Gasteiger charge is 2.37. The molecule has 9 nitrogen and oxygen atoms in total. The van der Waals surface area contributed by atoms with Crippen molar-refractivity contribution < 1.29 is 35.9 Å². The average molecular weight is 545 g/mol. The molecule has 4 heterocycles. The van der Waals surface area contributed by atoms with Crippen LogP contribution in [0.4, 0.5) is 32.0 Å². The fourth-order valence-electron chi connectivity index (χ4n) is 3.80. The van der Waals surface area contributed by atoms with Gasteiger partial charge in [0.15, 0.2) is 5.69 Å². The maximum absolute atomic E-state index is 13.7. The number of hydrogen-bond acceptors (Lipinski definition) is 6. The molecule has 0 aliphatic carbocycles. The maximum atomic E-state index is 13.7. The molecule has 0 saturated heterocycles. The highest BCUT2D eigenvalue weighted by atomic mass is 32.1. The molecule has 0 spiro atoms. The first kappa shape index (κ1) is 26.1. The van der Waals surface area contributed by atoms with Crippen molar-refractivity contribution in [2.75, 3.05) is 5.32 Å². The Balaban J connectivity index is 1.96. The number of alkyl halides is 6. The van der Waals surface area contributed by atoms with Crippen molar-refractivity contribution in [2.45, 2.75) is 32.7 Å². The highest BCUT2D eigenvalue weighted by molar-refractivity contribution is 7.21. The Bertz CT molecular complexity index is 1550. The molecule has 4 aromatic rings. The number of anilines is 1. The molecule has 196 valence electrons. The molecule has 0 aromatic carbocycles. The summed E-state index contributed by atoms with van der Waals surface area (Å²) in [6.07, 6.45) is -8.31. The van der Waals surface area contributed by atoms with E-state index in [1.165, 1.54) is 10.9 Å². The van der Waals surface area contributed by atoms with Gasteiger partial charge in [-0.05, 0) is 25.5 Å². The second-order valence-corrected chi connectivity index (χ2v) is 8.85. The predicted molar refractivity (Wildman–Crippen MR) is 121 cm³/mol. The number of pyridine rings is 1. The van der Waals surface area contributed by atoms with Crippen LogP contribution in [0.3, 0.4) is 0 Å². The second kappa shape index (κ2) is 8.86. The molecule has 0 aliphatic rings. The lowest BCUT2D eigenvalue weighted by Crippen LogP contribution is -2.17. The van der Waals surface area contributed by atoms with Gasteiger partial charge in [-0.3, -0.25) is 19.0 Å². The largest absolute Gasteiger partial charge is 0.433 e. The van der Waals surface area contributed by atoms with Gasteiger partial charge in [0.1, 0.15) is 21.1 Å². The Morgan fingerprint density at radius 1 is 1.11 bits per heavy atom. The fourth-order valence-corrected chi connectivity index (χ4v) is 4.81. The summed E-state index contributed by atoms with van der Waals surface area (Å²) >= 11 is 0.506. The van der Waals surface area contributed by atoms with Crippen LogP contribution in [-0.2, 0) is 25.9 Å². The fraction of sp³-hybridized carbons (Fsp3) is 0.286. The van der Waals surface area contributed by atoms with E-state index in [0.29, 0.717) is 34.3 Å². The molecule has 16 heteroatoms. The lowest BCUT2D eigenvalue weighted by molar-refractivity contribution is -0.143. The van der Waals surface area contributed by atoms with E-state index in [4.69, 9.17) is 5.73 Å². The van der Waals surface area contributed by atoms with Gasteiger partial charge < -0.3 is 11.1 Å². The number of fused-ring (bicyclic) bond motifs is 1. The Morgan fingerprint density at radius 3 is 2.30 bits per heavy atom. The molecule has 0 atom stereocenters. The minimum absolute atomic E-state index is 0.0501. The zero-order chi connectivity index (χ0) is 27.4. The summed E-state index contributed by atoms with van der Waals surface area (Å²) in [5.74, 6) is -2.23. The molecule has 4 aromatic heterocycles. The van der Waals surface area contributed by atoms with Crippen molar-refractivity contribution >= 4 is 39.1 Å². The van der Waals surface area contributed by atoms with Crippen LogP contribution < -0.4 is 11.1 Å². The molecule has 0 aliphatic heterocycles. The molecule has 0 bridgehead atoms. The zero-order valence-corrected chi connectivity index (χ0v) is 20.1. The lowest BCUT2D eigenvalue weighted by atomic mass is 10.0. The number of amides is 2. The highest BCUT2D eigenvalue weighted by Crippen LogP contribution is 2.44. The smallest absolute Gasteiger partial charge is 0.365 e. The van der Waals surface area contributed by atoms with E-state index >= 15 is 0 Å². The summed E-state index contributed by atoms with van der Waals surface area (Å²) in [5.41, 5.74) is 2.74. The van der Waals surface area contributed by atoms with Crippen LogP contribution in [0.2, 0.25) is 0 Å². The zero-order valence-electron chi connectivity index (χ0n) is 19.2.